The first-order valence-corrected chi connectivity index (χ1v) is 7.43. The Morgan fingerprint density at radius 1 is 1.69 bits per heavy atom. The van der Waals surface area contributed by atoms with Crippen molar-refractivity contribution in [3.05, 3.63) is 11.6 Å². The smallest absolute Gasteiger partial charge is 0.149 e. The molecule has 1 aromatic heterocycles. The van der Waals surface area contributed by atoms with Gasteiger partial charge in [-0.3, -0.25) is 0 Å². The van der Waals surface area contributed by atoms with E-state index in [1.165, 1.54) is 22.9 Å². The highest BCUT2D eigenvalue weighted by Crippen LogP contribution is 2.25. The number of hydrogen-bond donors (Lipinski definition) is 0. The highest BCUT2D eigenvalue weighted by molar-refractivity contribution is 9.09. The molecule has 0 aliphatic carbocycles. The van der Waals surface area contributed by atoms with Gasteiger partial charge in [-0.15, -0.1) is 11.3 Å². The second-order valence-corrected chi connectivity index (χ2v) is 5.73. The molecule has 0 bridgehead atoms. The van der Waals surface area contributed by atoms with E-state index in [-0.39, 0.29) is 0 Å². The van der Waals surface area contributed by atoms with Crippen LogP contribution in [0.4, 0.5) is 0 Å². The largest absolute Gasteiger partial charge is 0.238 e. The van der Waals surface area contributed by atoms with Crippen molar-refractivity contribution in [1.29, 1.82) is 0 Å². The summed E-state index contributed by atoms with van der Waals surface area (Å²) in [6, 6.07) is 0. The number of nitrogens with zero attached hydrogens (tertiary/aromatic N) is 1. The predicted molar refractivity (Wildman–Crippen MR) is 65.0 cm³/mol. The van der Waals surface area contributed by atoms with Gasteiger partial charge >= 0.3 is 0 Å². The van der Waals surface area contributed by atoms with Crippen LogP contribution < -0.4 is 0 Å². The summed E-state index contributed by atoms with van der Waals surface area (Å²) in [6.45, 7) is 2.24. The molecule has 74 valence electrons. The molecule has 0 saturated carbocycles. The van der Waals surface area contributed by atoms with Crippen LogP contribution in [0.25, 0.3) is 0 Å². The van der Waals surface area contributed by atoms with E-state index in [4.69, 9.17) is 0 Å². The summed E-state index contributed by atoms with van der Waals surface area (Å²) in [4.78, 5) is 4.25. The maximum Gasteiger partial charge on any atom is 0.149 e. The number of hydrogen-bond acceptors (Lipinski definition) is 3. The van der Waals surface area contributed by atoms with E-state index in [9.17, 15) is 0 Å². The summed E-state index contributed by atoms with van der Waals surface area (Å²) in [6.07, 6.45) is 4.45. The summed E-state index contributed by atoms with van der Waals surface area (Å²) in [7, 11) is 0. The Labute approximate surface area is 96.5 Å². The van der Waals surface area contributed by atoms with Gasteiger partial charge in [-0.25, -0.2) is 4.98 Å². The molecule has 0 aliphatic rings. The van der Waals surface area contributed by atoms with Gasteiger partial charge in [0.05, 0.1) is 0 Å². The Kier molecular flexibility index (Phi) is 6.07. The van der Waals surface area contributed by atoms with Crippen molar-refractivity contribution in [2.75, 3.05) is 11.1 Å². The summed E-state index contributed by atoms with van der Waals surface area (Å²) < 4.78 is 1.20. The van der Waals surface area contributed by atoms with Crippen LogP contribution >= 0.6 is 39.0 Å². The lowest BCUT2D eigenvalue weighted by atomic mass is 10.1. The average Bonchev–Trinajstić information content (AvgIpc) is 2.64. The van der Waals surface area contributed by atoms with Crippen molar-refractivity contribution < 1.29 is 0 Å². The quantitative estimate of drug-likeness (QED) is 0.576. The van der Waals surface area contributed by atoms with Crippen LogP contribution in [0.5, 0.6) is 0 Å². The fourth-order valence-electron chi connectivity index (χ4n) is 1.08. The zero-order chi connectivity index (χ0) is 9.52. The number of thiazole rings is 1. The molecule has 0 spiro atoms. The van der Waals surface area contributed by atoms with Gasteiger partial charge in [0, 0.05) is 22.7 Å². The fraction of sp³-hybridized carbons (Fsp3) is 0.667. The fourth-order valence-corrected chi connectivity index (χ4v) is 3.74. The molecule has 0 saturated heterocycles. The molecule has 0 radical (unpaired) electrons. The molecule has 13 heavy (non-hydrogen) atoms. The highest BCUT2D eigenvalue weighted by atomic mass is 79.9. The molecule has 1 aromatic rings. The molecule has 1 unspecified atom stereocenters. The molecule has 0 N–H and O–H groups in total. The summed E-state index contributed by atoms with van der Waals surface area (Å²) in [5, 5.41) is 3.14. The van der Waals surface area contributed by atoms with Gasteiger partial charge in [0.15, 0.2) is 0 Å². The predicted octanol–water partition coefficient (Wildman–Crippen LogP) is 4.05. The molecule has 0 fully saturated rings. The van der Waals surface area contributed by atoms with E-state index in [1.807, 2.05) is 23.3 Å². The number of thioether (sulfide) groups is 1. The number of alkyl halides is 1. The molecular formula is C9H14BrNS2. The van der Waals surface area contributed by atoms with Gasteiger partial charge in [0.25, 0.3) is 0 Å². The van der Waals surface area contributed by atoms with E-state index in [0.29, 0.717) is 0 Å². The van der Waals surface area contributed by atoms with Crippen LogP contribution in [0.15, 0.2) is 15.9 Å². The first-order valence-electron chi connectivity index (χ1n) is 4.45. The minimum absolute atomic E-state index is 0.791. The van der Waals surface area contributed by atoms with Gasteiger partial charge in [0.1, 0.15) is 4.34 Å². The Balaban J connectivity index is 2.23. The highest BCUT2D eigenvalue weighted by Gasteiger charge is 2.07. The molecule has 4 heteroatoms. The lowest BCUT2D eigenvalue weighted by Gasteiger charge is -2.10. The molecule has 0 aliphatic heterocycles. The SMILES string of the molecule is CCCC(CBr)CSc1nccs1. The van der Waals surface area contributed by atoms with Gasteiger partial charge in [-0.1, -0.05) is 41.0 Å². The van der Waals surface area contributed by atoms with Gasteiger partial charge in [-0.2, -0.15) is 0 Å². The molecular weight excluding hydrogens is 266 g/mol. The van der Waals surface area contributed by atoms with Crippen molar-refractivity contribution in [3.8, 4) is 0 Å². The van der Waals surface area contributed by atoms with Crippen molar-refractivity contribution in [1.82, 2.24) is 4.98 Å². The number of aromatic nitrogens is 1. The summed E-state index contributed by atoms with van der Waals surface area (Å²) >= 11 is 7.16. The van der Waals surface area contributed by atoms with Crippen LogP contribution in [0, 0.1) is 5.92 Å². The molecule has 1 rings (SSSR count). The minimum atomic E-state index is 0.791. The van der Waals surface area contributed by atoms with Crippen LogP contribution in [0.3, 0.4) is 0 Å². The van der Waals surface area contributed by atoms with Crippen molar-refractivity contribution in [2.45, 2.75) is 24.1 Å². The second-order valence-electron chi connectivity index (χ2n) is 2.92. The van der Waals surface area contributed by atoms with Crippen LogP contribution in [-0.4, -0.2) is 16.1 Å². The molecule has 0 amide bonds. The van der Waals surface area contributed by atoms with E-state index < -0.39 is 0 Å². The monoisotopic (exact) mass is 279 g/mol. The van der Waals surface area contributed by atoms with Crippen LogP contribution in [0.1, 0.15) is 19.8 Å². The van der Waals surface area contributed by atoms with Crippen LogP contribution in [-0.2, 0) is 0 Å². The lowest BCUT2D eigenvalue weighted by Crippen LogP contribution is -2.04. The van der Waals surface area contributed by atoms with Gasteiger partial charge in [-0.05, 0) is 12.3 Å². The maximum atomic E-state index is 4.25. The standard InChI is InChI=1S/C9H14BrNS2/c1-2-3-8(6-10)7-13-9-11-4-5-12-9/h4-5,8H,2-3,6-7H2,1H3. The summed E-state index contributed by atoms with van der Waals surface area (Å²) in [5.74, 6) is 1.98. The topological polar surface area (TPSA) is 12.9 Å². The van der Waals surface area contributed by atoms with E-state index in [1.54, 1.807) is 11.3 Å². The van der Waals surface area contributed by atoms with E-state index in [2.05, 4.69) is 27.8 Å². The van der Waals surface area contributed by atoms with Crippen molar-refractivity contribution in [2.24, 2.45) is 5.92 Å². The second kappa shape index (κ2) is 6.85. The Morgan fingerprint density at radius 2 is 2.54 bits per heavy atom. The zero-order valence-corrected chi connectivity index (χ0v) is 10.9. The Morgan fingerprint density at radius 3 is 3.08 bits per heavy atom. The molecule has 1 nitrogen and oxygen atoms in total. The summed E-state index contributed by atoms with van der Waals surface area (Å²) in [5.41, 5.74) is 0. The first-order chi connectivity index (χ1) is 6.36. The zero-order valence-electron chi connectivity index (χ0n) is 7.70. The molecule has 0 aromatic carbocycles. The van der Waals surface area contributed by atoms with Crippen LogP contribution in [0.2, 0.25) is 0 Å². The van der Waals surface area contributed by atoms with Gasteiger partial charge in [0.2, 0.25) is 0 Å². The maximum absolute atomic E-state index is 4.25. The van der Waals surface area contributed by atoms with Crippen molar-refractivity contribution >= 4 is 39.0 Å². The number of halogens is 1. The Bertz CT molecular complexity index is 213. The molecule has 1 atom stereocenters. The number of rotatable bonds is 6. The third-order valence-corrected chi connectivity index (χ3v) is 4.88. The van der Waals surface area contributed by atoms with Crippen molar-refractivity contribution in [3.63, 3.8) is 0 Å². The Hall–Kier alpha value is 0.460. The van der Waals surface area contributed by atoms with Gasteiger partial charge < -0.3 is 0 Å². The normalized spacial score (nSPS) is 13.1. The first kappa shape index (κ1) is 11.5. The molecule has 1 heterocycles. The third-order valence-electron chi connectivity index (χ3n) is 1.77. The third kappa shape index (κ3) is 4.47. The lowest BCUT2D eigenvalue weighted by molar-refractivity contribution is 0.597. The minimum Gasteiger partial charge on any atom is -0.238 e. The van der Waals surface area contributed by atoms with E-state index >= 15 is 0 Å². The average molecular weight is 280 g/mol. The van der Waals surface area contributed by atoms with E-state index in [0.717, 1.165) is 11.2 Å².